The van der Waals surface area contributed by atoms with Crippen molar-refractivity contribution >= 4 is 5.91 Å². The quantitative estimate of drug-likeness (QED) is 0.606. The van der Waals surface area contributed by atoms with E-state index in [4.69, 9.17) is 11.5 Å². The van der Waals surface area contributed by atoms with Crippen molar-refractivity contribution in [3.8, 4) is 0 Å². The van der Waals surface area contributed by atoms with Gasteiger partial charge in [-0.3, -0.25) is 4.79 Å². The Labute approximate surface area is 73.5 Å². The summed E-state index contributed by atoms with van der Waals surface area (Å²) in [5.74, 6) is 0.832. The lowest BCUT2D eigenvalue weighted by atomic mass is 9.71. The van der Waals surface area contributed by atoms with Crippen LogP contribution < -0.4 is 11.5 Å². The van der Waals surface area contributed by atoms with E-state index in [1.165, 1.54) is 0 Å². The minimum absolute atomic E-state index is 0.346. The zero-order chi connectivity index (χ0) is 9.35. The van der Waals surface area contributed by atoms with Crippen LogP contribution in [0.2, 0.25) is 0 Å². The summed E-state index contributed by atoms with van der Waals surface area (Å²) < 4.78 is 0. The van der Waals surface area contributed by atoms with Crippen molar-refractivity contribution in [1.29, 1.82) is 0 Å². The maximum absolute atomic E-state index is 11.0. The Morgan fingerprint density at radius 1 is 1.42 bits per heavy atom. The van der Waals surface area contributed by atoms with E-state index in [-0.39, 0.29) is 5.91 Å². The van der Waals surface area contributed by atoms with Crippen LogP contribution in [0.15, 0.2) is 0 Å². The lowest BCUT2D eigenvalue weighted by Crippen LogP contribution is -2.55. The third-order valence-electron chi connectivity index (χ3n) is 3.19. The molecule has 0 aromatic heterocycles. The van der Waals surface area contributed by atoms with Gasteiger partial charge in [-0.1, -0.05) is 13.8 Å². The largest absolute Gasteiger partial charge is 0.368 e. The molecule has 1 saturated carbocycles. The first kappa shape index (κ1) is 9.52. The van der Waals surface area contributed by atoms with Gasteiger partial charge in [-0.05, 0) is 31.1 Å². The Bertz CT molecular complexity index is 193. The van der Waals surface area contributed by atoms with Gasteiger partial charge in [-0.25, -0.2) is 0 Å². The highest BCUT2D eigenvalue weighted by Crippen LogP contribution is 2.34. The van der Waals surface area contributed by atoms with Gasteiger partial charge in [0.05, 0.1) is 5.54 Å². The number of nitrogens with two attached hydrogens (primary N) is 2. The van der Waals surface area contributed by atoms with E-state index in [2.05, 4.69) is 13.8 Å². The van der Waals surface area contributed by atoms with Gasteiger partial charge in [0, 0.05) is 0 Å². The first-order valence-electron chi connectivity index (χ1n) is 4.54. The first-order valence-corrected chi connectivity index (χ1v) is 4.54. The van der Waals surface area contributed by atoms with Gasteiger partial charge in [0.25, 0.3) is 0 Å². The number of primary amides is 1. The molecule has 1 aliphatic carbocycles. The van der Waals surface area contributed by atoms with Crippen LogP contribution in [0.5, 0.6) is 0 Å². The summed E-state index contributed by atoms with van der Waals surface area (Å²) in [4.78, 5) is 11.0. The number of carbonyl (C=O) groups excluding carboxylic acids is 1. The minimum atomic E-state index is -0.730. The number of hydrogen-bond donors (Lipinski definition) is 2. The normalized spacial score (nSPS) is 42.6. The number of rotatable bonds is 1. The summed E-state index contributed by atoms with van der Waals surface area (Å²) in [5.41, 5.74) is 10.4. The van der Waals surface area contributed by atoms with Crippen molar-refractivity contribution < 1.29 is 4.79 Å². The predicted molar refractivity (Wildman–Crippen MR) is 48.3 cm³/mol. The molecule has 3 atom stereocenters. The van der Waals surface area contributed by atoms with Gasteiger partial charge in [-0.15, -0.1) is 0 Å². The maximum Gasteiger partial charge on any atom is 0.237 e. The number of amides is 1. The average molecular weight is 170 g/mol. The van der Waals surface area contributed by atoms with E-state index in [1.807, 2.05) is 0 Å². The van der Waals surface area contributed by atoms with E-state index in [9.17, 15) is 4.79 Å². The van der Waals surface area contributed by atoms with Crippen LogP contribution >= 0.6 is 0 Å². The highest BCUT2D eigenvalue weighted by Gasteiger charge is 2.38. The van der Waals surface area contributed by atoms with E-state index in [0.29, 0.717) is 11.8 Å². The van der Waals surface area contributed by atoms with Crippen LogP contribution in [-0.4, -0.2) is 11.4 Å². The van der Waals surface area contributed by atoms with E-state index < -0.39 is 5.54 Å². The van der Waals surface area contributed by atoms with Crippen molar-refractivity contribution in [2.75, 3.05) is 0 Å². The summed E-state index contributed by atoms with van der Waals surface area (Å²) in [6.07, 6.45) is 2.50. The zero-order valence-corrected chi connectivity index (χ0v) is 7.84. The molecule has 0 saturated heterocycles. The fourth-order valence-electron chi connectivity index (χ4n) is 1.87. The van der Waals surface area contributed by atoms with E-state index in [0.717, 1.165) is 19.3 Å². The molecule has 0 spiro atoms. The Morgan fingerprint density at radius 3 is 2.42 bits per heavy atom. The van der Waals surface area contributed by atoms with Crippen molar-refractivity contribution in [3.63, 3.8) is 0 Å². The molecule has 0 radical (unpaired) electrons. The molecule has 1 rings (SSSR count). The fourth-order valence-corrected chi connectivity index (χ4v) is 1.87. The summed E-state index contributed by atoms with van der Waals surface area (Å²) in [7, 11) is 0. The maximum atomic E-state index is 11.0. The fraction of sp³-hybridized carbons (Fsp3) is 0.889. The Balaban J connectivity index is 2.66. The van der Waals surface area contributed by atoms with Crippen molar-refractivity contribution in [1.82, 2.24) is 0 Å². The molecule has 0 aliphatic heterocycles. The molecule has 70 valence electrons. The molecule has 12 heavy (non-hydrogen) atoms. The van der Waals surface area contributed by atoms with Gasteiger partial charge in [0.1, 0.15) is 0 Å². The predicted octanol–water partition coefficient (Wildman–Crippen LogP) is 0.625. The minimum Gasteiger partial charge on any atom is -0.368 e. The topological polar surface area (TPSA) is 69.1 Å². The molecule has 3 nitrogen and oxygen atoms in total. The highest BCUT2D eigenvalue weighted by molar-refractivity contribution is 5.84. The highest BCUT2D eigenvalue weighted by atomic mass is 16.1. The molecule has 0 aromatic rings. The lowest BCUT2D eigenvalue weighted by molar-refractivity contribution is -0.125. The van der Waals surface area contributed by atoms with Crippen LogP contribution in [0, 0.1) is 11.8 Å². The summed E-state index contributed by atoms with van der Waals surface area (Å²) in [6.45, 7) is 4.33. The van der Waals surface area contributed by atoms with Crippen LogP contribution in [0.1, 0.15) is 33.1 Å². The molecular formula is C9H18N2O. The molecule has 4 N–H and O–H groups in total. The summed E-state index contributed by atoms with van der Waals surface area (Å²) >= 11 is 0. The molecule has 1 fully saturated rings. The van der Waals surface area contributed by atoms with Gasteiger partial charge >= 0.3 is 0 Å². The summed E-state index contributed by atoms with van der Waals surface area (Å²) in [6, 6.07) is 0. The molecule has 1 amide bonds. The molecule has 3 unspecified atom stereocenters. The second-order valence-corrected chi connectivity index (χ2v) is 4.22. The second kappa shape index (κ2) is 3.05. The number of hydrogen-bond acceptors (Lipinski definition) is 2. The van der Waals surface area contributed by atoms with E-state index >= 15 is 0 Å². The standard InChI is InChI=1S/C9H18N2O/c1-6-3-4-9(11,8(10)12)5-7(6)2/h6-7H,3-5,11H2,1-2H3,(H2,10,12). The van der Waals surface area contributed by atoms with Gasteiger partial charge in [0.2, 0.25) is 5.91 Å². The van der Waals surface area contributed by atoms with E-state index in [1.54, 1.807) is 0 Å². The average Bonchev–Trinajstić information content (AvgIpc) is 1.97. The third kappa shape index (κ3) is 1.61. The molecular weight excluding hydrogens is 152 g/mol. The van der Waals surface area contributed by atoms with Crippen molar-refractivity contribution in [2.45, 2.75) is 38.6 Å². The molecule has 1 aliphatic rings. The van der Waals surface area contributed by atoms with Crippen LogP contribution in [-0.2, 0) is 4.79 Å². The van der Waals surface area contributed by atoms with Crippen molar-refractivity contribution in [3.05, 3.63) is 0 Å². The molecule has 0 bridgehead atoms. The van der Waals surface area contributed by atoms with Crippen LogP contribution in [0.4, 0.5) is 0 Å². The van der Waals surface area contributed by atoms with Gasteiger partial charge < -0.3 is 11.5 Å². The van der Waals surface area contributed by atoms with Crippen molar-refractivity contribution in [2.24, 2.45) is 23.3 Å². The number of carbonyl (C=O) groups is 1. The lowest BCUT2D eigenvalue weighted by Gasteiger charge is -2.37. The molecule has 0 aromatic carbocycles. The second-order valence-electron chi connectivity index (χ2n) is 4.22. The molecule has 0 heterocycles. The third-order valence-corrected chi connectivity index (χ3v) is 3.19. The monoisotopic (exact) mass is 170 g/mol. The van der Waals surface area contributed by atoms with Crippen LogP contribution in [0.25, 0.3) is 0 Å². The smallest absolute Gasteiger partial charge is 0.237 e. The first-order chi connectivity index (χ1) is 5.46. The van der Waals surface area contributed by atoms with Gasteiger partial charge in [-0.2, -0.15) is 0 Å². The SMILES string of the molecule is CC1CCC(N)(C(N)=O)CC1C. The Hall–Kier alpha value is -0.570. The zero-order valence-electron chi connectivity index (χ0n) is 7.84. The Morgan fingerprint density at radius 2 is 2.00 bits per heavy atom. The van der Waals surface area contributed by atoms with Gasteiger partial charge in [0.15, 0.2) is 0 Å². The Kier molecular flexibility index (Phi) is 2.42. The summed E-state index contributed by atoms with van der Waals surface area (Å²) in [5, 5.41) is 0. The van der Waals surface area contributed by atoms with Crippen LogP contribution in [0.3, 0.4) is 0 Å². The molecule has 3 heteroatoms.